The number of fused-ring (bicyclic) bond motifs is 6. The van der Waals surface area contributed by atoms with Crippen LogP contribution in [0.25, 0.3) is 66.9 Å². The molecule has 85 heavy (non-hydrogen) atoms. The molecule has 0 atom stereocenters. The molecule has 0 unspecified atom stereocenters. The SMILES string of the molecule is CNC(=O)c1c(-c2ccc(F)cc2)oc2cc3c(cc12)CCCN3S(C)(=O)=O.COC(=O)c1c(-c2ccc(F)cc2)oc2cc3c(cc12)CCCN3S(C)(=O)=O.CS(=O)(=O)N1CCCc2cc3c(C(=O)O)c(-c4ccc(F)cc4)oc3cc21.[Li+].[OH-]. The average Bonchev–Trinajstić information content (AvgIpc) is 2.69. The summed E-state index contributed by atoms with van der Waals surface area (Å²) in [6.45, 7) is 1.17. The smallest absolute Gasteiger partial charge is 0.870 e. The first kappa shape index (κ1) is 63.0. The van der Waals surface area contributed by atoms with Crippen molar-refractivity contribution in [2.45, 2.75) is 38.5 Å². The molecule has 12 rings (SSSR count). The van der Waals surface area contributed by atoms with E-state index in [0.29, 0.717) is 131 Å². The zero-order chi connectivity index (χ0) is 59.4. The van der Waals surface area contributed by atoms with E-state index in [1.54, 1.807) is 42.5 Å². The van der Waals surface area contributed by atoms with E-state index in [0.717, 1.165) is 29.2 Å². The third-order valence-electron chi connectivity index (χ3n) is 14.5. The zero-order valence-electron chi connectivity index (χ0n) is 46.7. The number of carbonyl (C=O) groups excluding carboxylic acids is 2. The van der Waals surface area contributed by atoms with E-state index >= 15 is 0 Å². The number of nitrogens with one attached hydrogen (secondary N) is 1. The molecule has 1 amide bonds. The number of anilines is 3. The van der Waals surface area contributed by atoms with Gasteiger partial charge in [0.05, 0.1) is 48.5 Å². The largest absolute Gasteiger partial charge is 1.00 e. The molecule has 19 nitrogen and oxygen atoms in total. The summed E-state index contributed by atoms with van der Waals surface area (Å²) in [6, 6.07) is 26.8. The Morgan fingerprint density at radius 3 is 1.09 bits per heavy atom. The second kappa shape index (κ2) is 24.5. The van der Waals surface area contributed by atoms with Crippen LogP contribution in [0.15, 0.2) is 122 Å². The minimum Gasteiger partial charge on any atom is -0.870 e. The number of rotatable bonds is 9. The first-order valence-electron chi connectivity index (χ1n) is 25.9. The van der Waals surface area contributed by atoms with Gasteiger partial charge in [0, 0.05) is 77.7 Å². The quantitative estimate of drug-likeness (QED) is 0.104. The van der Waals surface area contributed by atoms with Gasteiger partial charge >= 0.3 is 30.8 Å². The summed E-state index contributed by atoms with van der Waals surface area (Å²) in [5, 5.41) is 13.9. The number of aryl methyl sites for hydroxylation is 3. The number of aromatic carboxylic acids is 1. The Kier molecular flexibility index (Phi) is 18.2. The van der Waals surface area contributed by atoms with Gasteiger partial charge in [0.25, 0.3) is 5.91 Å². The van der Waals surface area contributed by atoms with Gasteiger partial charge < -0.3 is 33.9 Å². The van der Waals surface area contributed by atoms with Crippen LogP contribution in [-0.4, -0.2) is 106 Å². The van der Waals surface area contributed by atoms with E-state index in [2.05, 4.69) is 5.32 Å². The van der Waals surface area contributed by atoms with Crippen molar-refractivity contribution >= 4 is 97.9 Å². The summed E-state index contributed by atoms with van der Waals surface area (Å²) >= 11 is 0. The Morgan fingerprint density at radius 2 is 0.800 bits per heavy atom. The molecule has 3 aromatic heterocycles. The Balaban J connectivity index is 0.000000164. The van der Waals surface area contributed by atoms with Crippen LogP contribution < -0.4 is 37.1 Å². The van der Waals surface area contributed by atoms with Crippen LogP contribution in [0.4, 0.5) is 30.2 Å². The fourth-order valence-corrected chi connectivity index (χ4v) is 13.7. The van der Waals surface area contributed by atoms with E-state index < -0.39 is 53.6 Å². The maximum atomic E-state index is 13.3. The van der Waals surface area contributed by atoms with Gasteiger partial charge in [0.2, 0.25) is 30.1 Å². The van der Waals surface area contributed by atoms with Crippen molar-refractivity contribution in [3.63, 3.8) is 0 Å². The van der Waals surface area contributed by atoms with Crippen LogP contribution in [0.1, 0.15) is 67.0 Å². The third kappa shape index (κ3) is 12.5. The van der Waals surface area contributed by atoms with E-state index in [9.17, 15) is 57.9 Å². The number of carbonyl (C=O) groups is 3. The summed E-state index contributed by atoms with van der Waals surface area (Å²) in [7, 11) is -7.50. The topological polar surface area (TPSA) is 274 Å². The molecule has 0 aliphatic carbocycles. The van der Waals surface area contributed by atoms with Crippen molar-refractivity contribution in [3.05, 3.63) is 160 Å². The van der Waals surface area contributed by atoms with Crippen molar-refractivity contribution in [1.29, 1.82) is 0 Å². The maximum absolute atomic E-state index is 13.3. The number of methoxy groups -OCH3 is 1. The number of carboxylic acid groups (broad SMARTS) is 1. The van der Waals surface area contributed by atoms with E-state index in [1.807, 2.05) is 6.07 Å². The fraction of sp³-hybridized carbons (Fsp3) is 0.237. The van der Waals surface area contributed by atoms with Crippen LogP contribution in [0.3, 0.4) is 0 Å². The maximum Gasteiger partial charge on any atom is 1.00 e. The fourth-order valence-electron chi connectivity index (χ4n) is 10.7. The molecule has 26 heteroatoms. The molecule has 0 fully saturated rings. The summed E-state index contributed by atoms with van der Waals surface area (Å²) < 4.78 is 139. The van der Waals surface area contributed by atoms with Crippen molar-refractivity contribution in [3.8, 4) is 34.0 Å². The van der Waals surface area contributed by atoms with Crippen LogP contribution in [0.5, 0.6) is 0 Å². The molecule has 6 aromatic carbocycles. The zero-order valence-corrected chi connectivity index (χ0v) is 49.1. The molecule has 9 aromatic rings. The molecular weight excluding hydrogens is 1160 g/mol. The molecule has 3 N–H and O–H groups in total. The molecule has 440 valence electrons. The van der Waals surface area contributed by atoms with Gasteiger partial charge in [0.1, 0.15) is 62.6 Å². The van der Waals surface area contributed by atoms with Crippen LogP contribution >= 0.6 is 0 Å². The molecular formula is C59H54F3LiN4O15S3. The number of nitrogens with zero attached hydrogens (tertiary/aromatic N) is 3. The predicted octanol–water partition coefficient (Wildman–Crippen LogP) is 7.52. The van der Waals surface area contributed by atoms with E-state index in [4.69, 9.17) is 18.0 Å². The van der Waals surface area contributed by atoms with E-state index in [1.165, 1.54) is 94.0 Å². The molecule has 3 aliphatic rings. The number of hydrogen-bond acceptors (Lipinski definition) is 14. The number of furan rings is 3. The number of hydrogen-bond donors (Lipinski definition) is 2. The van der Waals surface area contributed by atoms with Crippen LogP contribution in [0, 0.1) is 17.5 Å². The third-order valence-corrected chi connectivity index (χ3v) is 18.0. The second-order valence-electron chi connectivity index (χ2n) is 20.1. The summed E-state index contributed by atoms with van der Waals surface area (Å²) in [5.74, 6) is -2.60. The van der Waals surface area contributed by atoms with Crippen molar-refractivity contribution in [1.82, 2.24) is 5.32 Å². The van der Waals surface area contributed by atoms with Gasteiger partial charge in [-0.25, -0.2) is 48.0 Å². The Hall–Kier alpha value is -8.05. The van der Waals surface area contributed by atoms with E-state index in [-0.39, 0.29) is 64.3 Å². The van der Waals surface area contributed by atoms with Gasteiger partial charge in [-0.05, 0) is 146 Å². The first-order chi connectivity index (χ1) is 39.3. The molecule has 0 bridgehead atoms. The van der Waals surface area contributed by atoms with Gasteiger partial charge in [-0.2, -0.15) is 0 Å². The summed E-state index contributed by atoms with van der Waals surface area (Å²) in [6.07, 6.45) is 7.56. The van der Waals surface area contributed by atoms with Crippen molar-refractivity contribution in [2.75, 3.05) is 65.5 Å². The van der Waals surface area contributed by atoms with Gasteiger partial charge in [-0.3, -0.25) is 17.7 Å². The number of ether oxygens (including phenoxy) is 1. The minimum atomic E-state index is -3.45. The first-order valence-corrected chi connectivity index (χ1v) is 31.4. The number of benzene rings is 6. The Morgan fingerprint density at radius 1 is 0.506 bits per heavy atom. The summed E-state index contributed by atoms with van der Waals surface area (Å²) in [4.78, 5) is 37.0. The molecule has 0 spiro atoms. The molecule has 0 radical (unpaired) electrons. The Labute approximate surface area is 498 Å². The number of amides is 1. The minimum absolute atomic E-state index is 0. The normalized spacial score (nSPS) is 13.9. The van der Waals surface area contributed by atoms with Gasteiger partial charge in [-0.1, -0.05) is 0 Å². The summed E-state index contributed by atoms with van der Waals surface area (Å²) in [5.41, 5.74) is 7.21. The average molecular weight is 1220 g/mol. The van der Waals surface area contributed by atoms with Crippen molar-refractivity contribution in [2.24, 2.45) is 0 Å². The van der Waals surface area contributed by atoms with Crippen LogP contribution in [-0.2, 0) is 54.1 Å². The number of halogens is 3. The van der Waals surface area contributed by atoms with Crippen LogP contribution in [0.2, 0.25) is 0 Å². The second-order valence-corrected chi connectivity index (χ2v) is 25.8. The molecule has 3 aliphatic heterocycles. The Bertz CT molecular complexity index is 4250. The predicted molar refractivity (Wildman–Crippen MR) is 310 cm³/mol. The molecule has 0 saturated carbocycles. The number of sulfonamides is 3. The van der Waals surface area contributed by atoms with Crippen molar-refractivity contribution < 1.29 is 100 Å². The molecule has 6 heterocycles. The monoisotopic (exact) mass is 1220 g/mol. The molecule has 0 saturated heterocycles. The standard InChI is InChI=1S/C20H19FN2O4S.C20H18FNO5S.C19H16FNO5S.Li.H2O/c1-22-20(24)18-15-10-13-4-3-9-23(28(2,25)26)16(13)11-17(15)27-19(18)12-5-7-14(21)8-6-12;1-26-20(23)18-15-10-13-4-3-9-22(28(2,24)25)16(13)11-17(15)27-19(18)12-5-7-14(21)8-6-12;1-27(24,25)21-8-2-3-12-9-14-16(10-15(12)21)26-18(17(14)19(22)23)11-4-6-13(20)7-5-11;;/h5-8,10-11H,3-4,9H2,1-2H3,(H,22,24);5-8,10-11H,3-4,9H2,1-2H3;4-7,9-10H,2-3,8H2,1H3,(H,22,23);;1H2/q;;;+1;/p-1. The van der Waals surface area contributed by atoms with Gasteiger partial charge in [0.15, 0.2) is 0 Å². The van der Waals surface area contributed by atoms with Gasteiger partial charge in [-0.15, -0.1) is 0 Å². The number of esters is 1. The number of carboxylic acids is 1.